The van der Waals surface area contributed by atoms with E-state index in [9.17, 15) is 4.79 Å². The van der Waals surface area contributed by atoms with Crippen LogP contribution in [0.15, 0.2) is 11.4 Å². The quantitative estimate of drug-likeness (QED) is 0.812. The molecule has 1 aliphatic carbocycles. The number of thiophene rings is 1. The van der Waals surface area contributed by atoms with E-state index in [4.69, 9.17) is 4.74 Å². The summed E-state index contributed by atoms with van der Waals surface area (Å²) in [6.07, 6.45) is 5.33. The van der Waals surface area contributed by atoms with E-state index in [1.807, 2.05) is 18.3 Å². The number of hydrogen-bond donors (Lipinski definition) is 1. The molecule has 1 heterocycles. The van der Waals surface area contributed by atoms with Crippen LogP contribution in [0.1, 0.15) is 56.0 Å². The molecule has 3 nitrogen and oxygen atoms in total. The lowest BCUT2D eigenvalue weighted by atomic mass is 9.93. The summed E-state index contributed by atoms with van der Waals surface area (Å²) in [5, 5.41) is 5.67. The minimum absolute atomic E-state index is 0.105. The number of aryl methyl sites for hydroxylation is 1. The molecule has 2 rings (SSSR count). The summed E-state index contributed by atoms with van der Waals surface area (Å²) in [4.78, 5) is 13.4. The van der Waals surface area contributed by atoms with Crippen molar-refractivity contribution in [3.05, 3.63) is 21.9 Å². The molecule has 0 radical (unpaired) electrons. The molecule has 0 bridgehead atoms. The summed E-state index contributed by atoms with van der Waals surface area (Å²) < 4.78 is 5.17. The van der Waals surface area contributed by atoms with Crippen LogP contribution in [0.5, 0.6) is 0 Å². The highest BCUT2D eigenvalue weighted by Gasteiger charge is 2.27. The smallest absolute Gasteiger partial charge is 0.323 e. The molecular weight excluding hydrogens is 258 g/mol. The van der Waals surface area contributed by atoms with Crippen molar-refractivity contribution in [1.82, 2.24) is 5.32 Å². The molecule has 4 heteroatoms. The molecule has 0 saturated heterocycles. The van der Waals surface area contributed by atoms with Crippen LogP contribution in [0.3, 0.4) is 0 Å². The molecule has 1 N–H and O–H groups in total. The molecular formula is C15H23NO2S. The SMILES string of the molecule is CCCC(NC1CCCc2sccc21)C(=O)OCC. The molecule has 2 atom stereocenters. The Bertz CT molecular complexity index is 416. The molecule has 1 aromatic rings. The Morgan fingerprint density at radius 1 is 1.58 bits per heavy atom. The van der Waals surface area contributed by atoms with E-state index < -0.39 is 0 Å². The third kappa shape index (κ3) is 3.57. The van der Waals surface area contributed by atoms with Gasteiger partial charge in [0.15, 0.2) is 0 Å². The number of nitrogens with one attached hydrogen (secondary N) is 1. The molecule has 0 fully saturated rings. The molecule has 1 aliphatic rings. The van der Waals surface area contributed by atoms with Crippen LogP contribution in [-0.2, 0) is 16.0 Å². The van der Waals surface area contributed by atoms with Crippen molar-refractivity contribution in [2.24, 2.45) is 0 Å². The van der Waals surface area contributed by atoms with Crippen LogP contribution >= 0.6 is 11.3 Å². The topological polar surface area (TPSA) is 38.3 Å². The van der Waals surface area contributed by atoms with Crippen LogP contribution < -0.4 is 5.32 Å². The molecule has 0 amide bonds. The van der Waals surface area contributed by atoms with E-state index in [1.54, 1.807) is 0 Å². The fourth-order valence-electron chi connectivity index (χ4n) is 2.70. The number of rotatable bonds is 6. The van der Waals surface area contributed by atoms with Crippen LogP contribution in [-0.4, -0.2) is 18.6 Å². The maximum Gasteiger partial charge on any atom is 0.323 e. The standard InChI is InChI=1S/C15H23NO2S/c1-3-6-13(15(17)18-4-2)16-12-7-5-8-14-11(12)9-10-19-14/h9-10,12-13,16H,3-8H2,1-2H3. The Balaban J connectivity index is 2.04. The summed E-state index contributed by atoms with van der Waals surface area (Å²) in [5.74, 6) is -0.105. The second-order valence-corrected chi connectivity index (χ2v) is 6.00. The zero-order chi connectivity index (χ0) is 13.7. The first-order valence-corrected chi connectivity index (χ1v) is 8.13. The monoisotopic (exact) mass is 281 g/mol. The zero-order valence-corrected chi connectivity index (χ0v) is 12.6. The van der Waals surface area contributed by atoms with Gasteiger partial charge in [-0.25, -0.2) is 0 Å². The summed E-state index contributed by atoms with van der Waals surface area (Å²) in [5.41, 5.74) is 1.39. The predicted molar refractivity (Wildman–Crippen MR) is 78.5 cm³/mol. The third-order valence-electron chi connectivity index (χ3n) is 3.60. The highest BCUT2D eigenvalue weighted by atomic mass is 32.1. The highest BCUT2D eigenvalue weighted by molar-refractivity contribution is 7.10. The van der Waals surface area contributed by atoms with Gasteiger partial charge in [0.25, 0.3) is 0 Å². The van der Waals surface area contributed by atoms with Gasteiger partial charge in [0.1, 0.15) is 6.04 Å². The van der Waals surface area contributed by atoms with Crippen LogP contribution in [0.2, 0.25) is 0 Å². The first kappa shape index (κ1) is 14.5. The largest absolute Gasteiger partial charge is 0.465 e. The van der Waals surface area contributed by atoms with Gasteiger partial charge in [-0.2, -0.15) is 0 Å². The van der Waals surface area contributed by atoms with E-state index >= 15 is 0 Å². The summed E-state index contributed by atoms with van der Waals surface area (Å²) in [6.45, 7) is 4.42. The Morgan fingerprint density at radius 3 is 3.16 bits per heavy atom. The van der Waals surface area contributed by atoms with E-state index in [2.05, 4.69) is 23.7 Å². The third-order valence-corrected chi connectivity index (χ3v) is 4.60. The Hall–Kier alpha value is -0.870. The van der Waals surface area contributed by atoms with Gasteiger partial charge in [0, 0.05) is 10.9 Å². The van der Waals surface area contributed by atoms with E-state index in [0.29, 0.717) is 12.6 Å². The fourth-order valence-corrected chi connectivity index (χ4v) is 3.69. The van der Waals surface area contributed by atoms with Gasteiger partial charge >= 0.3 is 5.97 Å². The van der Waals surface area contributed by atoms with Gasteiger partial charge in [-0.1, -0.05) is 13.3 Å². The molecule has 2 unspecified atom stereocenters. The molecule has 19 heavy (non-hydrogen) atoms. The van der Waals surface area contributed by atoms with Crippen molar-refractivity contribution < 1.29 is 9.53 Å². The predicted octanol–water partition coefficient (Wildman–Crippen LogP) is 3.45. The minimum atomic E-state index is -0.166. The normalized spacial score (nSPS) is 19.8. The number of fused-ring (bicyclic) bond motifs is 1. The number of carbonyl (C=O) groups excluding carboxylic acids is 1. The lowest BCUT2D eigenvalue weighted by Gasteiger charge is -2.27. The maximum absolute atomic E-state index is 12.0. The summed E-state index contributed by atoms with van der Waals surface area (Å²) in [6, 6.07) is 2.35. The average Bonchev–Trinajstić information content (AvgIpc) is 2.87. The molecule has 1 aromatic heterocycles. The van der Waals surface area contributed by atoms with Gasteiger partial charge in [0.05, 0.1) is 6.61 Å². The highest BCUT2D eigenvalue weighted by Crippen LogP contribution is 2.33. The number of esters is 1. The Labute approximate surface area is 119 Å². The Kier molecular flexibility index (Phi) is 5.40. The fraction of sp³-hybridized carbons (Fsp3) is 0.667. The van der Waals surface area contributed by atoms with Crippen molar-refractivity contribution in [1.29, 1.82) is 0 Å². The van der Waals surface area contributed by atoms with Gasteiger partial charge in [0.2, 0.25) is 0 Å². The van der Waals surface area contributed by atoms with Crippen LogP contribution in [0.25, 0.3) is 0 Å². The average molecular weight is 281 g/mol. The van der Waals surface area contributed by atoms with Crippen molar-refractivity contribution in [2.75, 3.05) is 6.61 Å². The van der Waals surface area contributed by atoms with E-state index in [-0.39, 0.29) is 12.0 Å². The number of hydrogen-bond acceptors (Lipinski definition) is 4. The van der Waals surface area contributed by atoms with Gasteiger partial charge in [-0.05, 0) is 49.6 Å². The number of ether oxygens (including phenoxy) is 1. The van der Waals surface area contributed by atoms with Crippen molar-refractivity contribution >= 4 is 17.3 Å². The van der Waals surface area contributed by atoms with Gasteiger partial charge in [-0.15, -0.1) is 11.3 Å². The summed E-state index contributed by atoms with van der Waals surface area (Å²) in [7, 11) is 0. The van der Waals surface area contributed by atoms with Crippen molar-refractivity contribution in [2.45, 2.75) is 58.0 Å². The summed E-state index contributed by atoms with van der Waals surface area (Å²) >= 11 is 1.83. The van der Waals surface area contributed by atoms with Crippen LogP contribution in [0, 0.1) is 0 Å². The second-order valence-electron chi connectivity index (χ2n) is 5.00. The van der Waals surface area contributed by atoms with E-state index in [0.717, 1.165) is 19.3 Å². The maximum atomic E-state index is 12.0. The molecule has 0 spiro atoms. The lowest BCUT2D eigenvalue weighted by Crippen LogP contribution is -2.41. The first-order valence-electron chi connectivity index (χ1n) is 7.25. The van der Waals surface area contributed by atoms with Gasteiger partial charge in [-0.3, -0.25) is 10.1 Å². The van der Waals surface area contributed by atoms with Crippen molar-refractivity contribution in [3.63, 3.8) is 0 Å². The van der Waals surface area contributed by atoms with Crippen molar-refractivity contribution in [3.8, 4) is 0 Å². The Morgan fingerprint density at radius 2 is 2.42 bits per heavy atom. The lowest BCUT2D eigenvalue weighted by molar-refractivity contribution is -0.146. The first-order chi connectivity index (χ1) is 9.26. The minimum Gasteiger partial charge on any atom is -0.465 e. The molecule has 0 aromatic carbocycles. The van der Waals surface area contributed by atoms with Crippen LogP contribution in [0.4, 0.5) is 0 Å². The molecule has 0 saturated carbocycles. The van der Waals surface area contributed by atoms with E-state index in [1.165, 1.54) is 23.3 Å². The van der Waals surface area contributed by atoms with Gasteiger partial charge < -0.3 is 4.74 Å². The number of carbonyl (C=O) groups is 1. The molecule has 106 valence electrons. The molecule has 0 aliphatic heterocycles. The zero-order valence-electron chi connectivity index (χ0n) is 11.8. The second kappa shape index (κ2) is 7.06.